The molecule has 1 aliphatic rings. The van der Waals surface area contributed by atoms with Gasteiger partial charge in [0.15, 0.2) is 0 Å². The molecule has 2 rings (SSSR count). The van der Waals surface area contributed by atoms with Crippen LogP contribution in [0, 0.1) is 18.8 Å². The van der Waals surface area contributed by atoms with Gasteiger partial charge in [-0.25, -0.2) is 13.1 Å². The fraction of sp³-hybridized carbons (Fsp3) is 0.625. The quantitative estimate of drug-likeness (QED) is 0.897. The van der Waals surface area contributed by atoms with Crippen molar-refractivity contribution in [2.75, 3.05) is 0 Å². The maximum atomic E-state index is 12.5. The van der Waals surface area contributed by atoms with E-state index in [0.29, 0.717) is 23.3 Å². The van der Waals surface area contributed by atoms with Crippen LogP contribution in [0.3, 0.4) is 0 Å². The van der Waals surface area contributed by atoms with Crippen molar-refractivity contribution >= 4 is 10.0 Å². The molecule has 0 amide bonds. The Kier molecular flexibility index (Phi) is 5.07. The molecule has 0 spiro atoms. The smallest absolute Gasteiger partial charge is 0.240 e. The first kappa shape index (κ1) is 16.5. The maximum Gasteiger partial charge on any atom is 0.240 e. The van der Waals surface area contributed by atoms with E-state index in [4.69, 9.17) is 5.73 Å². The minimum atomic E-state index is -3.46. The number of rotatable bonds is 4. The van der Waals surface area contributed by atoms with Crippen molar-refractivity contribution in [1.82, 2.24) is 4.72 Å². The highest BCUT2D eigenvalue weighted by Crippen LogP contribution is 2.30. The largest absolute Gasteiger partial charge is 0.326 e. The summed E-state index contributed by atoms with van der Waals surface area (Å²) in [5.74, 6) is 1.23. The lowest BCUT2D eigenvalue weighted by molar-refractivity contribution is 0.242. The Morgan fingerprint density at radius 1 is 1.24 bits per heavy atom. The lowest BCUT2D eigenvalue weighted by Crippen LogP contribution is -2.39. The summed E-state index contributed by atoms with van der Waals surface area (Å²) in [6, 6.07) is 5.21. The van der Waals surface area contributed by atoms with E-state index in [-0.39, 0.29) is 6.04 Å². The molecular formula is C16H26N2O2S. The Balaban J connectivity index is 2.15. The highest BCUT2D eigenvalue weighted by molar-refractivity contribution is 7.89. The molecule has 0 bridgehead atoms. The van der Waals surface area contributed by atoms with Gasteiger partial charge in [-0.05, 0) is 61.3 Å². The molecule has 0 aliphatic heterocycles. The van der Waals surface area contributed by atoms with Crippen LogP contribution < -0.4 is 10.5 Å². The van der Waals surface area contributed by atoms with E-state index in [1.165, 1.54) is 0 Å². The molecule has 4 nitrogen and oxygen atoms in total. The van der Waals surface area contributed by atoms with Crippen LogP contribution in [0.15, 0.2) is 23.1 Å². The Morgan fingerprint density at radius 2 is 1.95 bits per heavy atom. The first-order valence-corrected chi connectivity index (χ1v) is 9.13. The first-order valence-electron chi connectivity index (χ1n) is 7.65. The van der Waals surface area contributed by atoms with E-state index in [2.05, 4.69) is 18.6 Å². The summed E-state index contributed by atoms with van der Waals surface area (Å²) in [5, 5.41) is 0. The van der Waals surface area contributed by atoms with E-state index in [9.17, 15) is 8.42 Å². The molecule has 118 valence electrons. The van der Waals surface area contributed by atoms with Crippen LogP contribution in [0.5, 0.6) is 0 Å². The third-order valence-electron chi connectivity index (χ3n) is 4.77. The Hall–Kier alpha value is -0.910. The number of hydrogen-bond acceptors (Lipinski definition) is 3. The van der Waals surface area contributed by atoms with Crippen LogP contribution in [-0.2, 0) is 16.6 Å². The van der Waals surface area contributed by atoms with Crippen LogP contribution in [-0.4, -0.2) is 14.5 Å². The summed E-state index contributed by atoms with van der Waals surface area (Å²) in [5.41, 5.74) is 7.57. The third-order valence-corrected chi connectivity index (χ3v) is 6.29. The van der Waals surface area contributed by atoms with Gasteiger partial charge in [0.1, 0.15) is 0 Å². The molecule has 5 heteroatoms. The molecule has 0 aromatic heterocycles. The fourth-order valence-electron chi connectivity index (χ4n) is 2.98. The molecule has 21 heavy (non-hydrogen) atoms. The van der Waals surface area contributed by atoms with Crippen LogP contribution in [0.4, 0.5) is 0 Å². The Bertz CT molecular complexity index is 598. The number of nitrogens with two attached hydrogens (primary N) is 1. The maximum absolute atomic E-state index is 12.5. The van der Waals surface area contributed by atoms with E-state index < -0.39 is 10.0 Å². The second-order valence-electron chi connectivity index (χ2n) is 6.38. The topological polar surface area (TPSA) is 72.2 Å². The molecular weight excluding hydrogens is 284 g/mol. The zero-order valence-electron chi connectivity index (χ0n) is 13.1. The van der Waals surface area contributed by atoms with Gasteiger partial charge in [-0.3, -0.25) is 0 Å². The van der Waals surface area contributed by atoms with Gasteiger partial charge in [-0.15, -0.1) is 0 Å². The highest BCUT2D eigenvalue weighted by atomic mass is 32.2. The Labute approximate surface area is 128 Å². The van der Waals surface area contributed by atoms with Crippen molar-refractivity contribution in [2.24, 2.45) is 17.6 Å². The molecule has 3 atom stereocenters. The number of aryl methyl sites for hydroxylation is 1. The van der Waals surface area contributed by atoms with Gasteiger partial charge in [-0.1, -0.05) is 19.9 Å². The van der Waals surface area contributed by atoms with Crippen LogP contribution in [0.2, 0.25) is 0 Å². The first-order chi connectivity index (χ1) is 9.83. The molecule has 1 aromatic rings. The standard InChI is InChI=1S/C16H26N2O2S/c1-11-4-6-15(8-13(11)3)18-21(19,20)16-7-5-12(2)14(9-16)10-17/h5,7,9,11,13,15,18H,4,6,8,10,17H2,1-3H3. The van der Waals surface area contributed by atoms with Crippen LogP contribution in [0.25, 0.3) is 0 Å². The molecule has 1 saturated carbocycles. The summed E-state index contributed by atoms with van der Waals surface area (Å²) in [7, 11) is -3.46. The predicted molar refractivity (Wildman–Crippen MR) is 85.4 cm³/mol. The highest BCUT2D eigenvalue weighted by Gasteiger charge is 2.28. The summed E-state index contributed by atoms with van der Waals surface area (Å²) in [6.07, 6.45) is 2.91. The van der Waals surface area contributed by atoms with Crippen molar-refractivity contribution in [3.8, 4) is 0 Å². The minimum Gasteiger partial charge on any atom is -0.326 e. The monoisotopic (exact) mass is 310 g/mol. The number of sulfonamides is 1. The lowest BCUT2D eigenvalue weighted by Gasteiger charge is -2.32. The van der Waals surface area contributed by atoms with Crippen molar-refractivity contribution in [1.29, 1.82) is 0 Å². The summed E-state index contributed by atoms with van der Waals surface area (Å²) in [6.45, 7) is 6.73. The second-order valence-corrected chi connectivity index (χ2v) is 8.09. The van der Waals surface area contributed by atoms with Gasteiger partial charge in [-0.2, -0.15) is 0 Å². The van der Waals surface area contributed by atoms with E-state index in [1.807, 2.05) is 13.0 Å². The minimum absolute atomic E-state index is 0.0452. The summed E-state index contributed by atoms with van der Waals surface area (Å²) < 4.78 is 27.9. The summed E-state index contributed by atoms with van der Waals surface area (Å²) >= 11 is 0. The molecule has 0 heterocycles. The van der Waals surface area contributed by atoms with E-state index >= 15 is 0 Å². The third kappa shape index (κ3) is 3.84. The molecule has 3 N–H and O–H groups in total. The van der Waals surface area contributed by atoms with Crippen LogP contribution >= 0.6 is 0 Å². The molecule has 1 aliphatic carbocycles. The fourth-order valence-corrected chi connectivity index (χ4v) is 4.31. The van der Waals surface area contributed by atoms with Gasteiger partial charge >= 0.3 is 0 Å². The molecule has 0 radical (unpaired) electrons. The SMILES string of the molecule is Cc1ccc(S(=O)(=O)NC2CCC(C)C(C)C2)cc1CN. The molecule has 3 unspecified atom stereocenters. The molecule has 0 saturated heterocycles. The summed E-state index contributed by atoms with van der Waals surface area (Å²) in [4.78, 5) is 0.319. The van der Waals surface area contributed by atoms with Gasteiger partial charge < -0.3 is 5.73 Å². The molecule has 1 aromatic carbocycles. The lowest BCUT2D eigenvalue weighted by atomic mass is 9.79. The number of hydrogen-bond donors (Lipinski definition) is 2. The number of nitrogens with one attached hydrogen (secondary N) is 1. The van der Waals surface area contributed by atoms with Crippen molar-refractivity contribution < 1.29 is 8.42 Å². The van der Waals surface area contributed by atoms with E-state index in [1.54, 1.807) is 12.1 Å². The van der Waals surface area contributed by atoms with Gasteiger partial charge in [0, 0.05) is 12.6 Å². The number of benzene rings is 1. The Morgan fingerprint density at radius 3 is 2.57 bits per heavy atom. The van der Waals surface area contributed by atoms with Crippen molar-refractivity contribution in [2.45, 2.75) is 57.5 Å². The van der Waals surface area contributed by atoms with Crippen LogP contribution in [0.1, 0.15) is 44.2 Å². The van der Waals surface area contributed by atoms with Crippen molar-refractivity contribution in [3.63, 3.8) is 0 Å². The van der Waals surface area contributed by atoms with Crippen molar-refractivity contribution in [3.05, 3.63) is 29.3 Å². The van der Waals surface area contributed by atoms with Gasteiger partial charge in [0.25, 0.3) is 0 Å². The van der Waals surface area contributed by atoms with Gasteiger partial charge in [0.05, 0.1) is 4.90 Å². The predicted octanol–water partition coefficient (Wildman–Crippen LogP) is 2.56. The molecule has 1 fully saturated rings. The average Bonchev–Trinajstić information content (AvgIpc) is 2.43. The zero-order valence-corrected chi connectivity index (χ0v) is 13.9. The zero-order chi connectivity index (χ0) is 15.6. The van der Waals surface area contributed by atoms with Gasteiger partial charge in [0.2, 0.25) is 10.0 Å². The van der Waals surface area contributed by atoms with E-state index in [0.717, 1.165) is 30.4 Å². The average molecular weight is 310 g/mol. The normalized spacial score (nSPS) is 26.8. The second kappa shape index (κ2) is 6.46.